The third-order valence-corrected chi connectivity index (χ3v) is 3.14. The number of hydrogen-bond acceptors (Lipinski definition) is 2. The molecule has 2 rings (SSSR count). The summed E-state index contributed by atoms with van der Waals surface area (Å²) in [5.74, 6) is 0.770. The summed E-state index contributed by atoms with van der Waals surface area (Å²) in [5.41, 5.74) is 1.51. The number of nitrogens with zero attached hydrogens (tertiary/aromatic N) is 1. The molecular weight excluding hydrogens is 208 g/mol. The molecule has 0 bridgehead atoms. The summed E-state index contributed by atoms with van der Waals surface area (Å²) in [6.45, 7) is 2.16. The molecule has 0 spiro atoms. The van der Waals surface area contributed by atoms with E-state index < -0.39 is 0 Å². The van der Waals surface area contributed by atoms with Gasteiger partial charge in [-0.2, -0.15) is 5.26 Å². The number of nitrogens with one attached hydrogen (secondary N) is 1. The highest BCUT2D eigenvalue weighted by molar-refractivity contribution is 6.33. The predicted octanol–water partition coefficient (Wildman–Crippen LogP) is 3.42. The van der Waals surface area contributed by atoms with E-state index >= 15 is 0 Å². The van der Waals surface area contributed by atoms with Crippen LogP contribution in [0.25, 0.3) is 0 Å². The van der Waals surface area contributed by atoms with E-state index in [0.717, 1.165) is 11.6 Å². The minimum Gasteiger partial charge on any atom is -0.381 e. The Bertz CT molecular complexity index is 405. The van der Waals surface area contributed by atoms with Crippen molar-refractivity contribution in [2.24, 2.45) is 5.92 Å². The molecule has 0 radical (unpaired) electrons. The lowest BCUT2D eigenvalue weighted by atomic mass is 10.1. The Labute approximate surface area is 94.9 Å². The van der Waals surface area contributed by atoms with Crippen molar-refractivity contribution in [2.75, 3.05) is 5.32 Å². The zero-order valence-electron chi connectivity index (χ0n) is 8.63. The van der Waals surface area contributed by atoms with E-state index in [1.807, 2.05) is 0 Å². The van der Waals surface area contributed by atoms with E-state index in [0.29, 0.717) is 16.6 Å². The van der Waals surface area contributed by atoms with Crippen molar-refractivity contribution in [2.45, 2.75) is 25.8 Å². The molecule has 15 heavy (non-hydrogen) atoms. The fourth-order valence-electron chi connectivity index (χ4n) is 1.66. The van der Waals surface area contributed by atoms with Gasteiger partial charge in [-0.3, -0.25) is 0 Å². The van der Waals surface area contributed by atoms with Gasteiger partial charge in [0, 0.05) is 6.04 Å². The van der Waals surface area contributed by atoms with Crippen molar-refractivity contribution < 1.29 is 0 Å². The van der Waals surface area contributed by atoms with E-state index in [9.17, 15) is 0 Å². The van der Waals surface area contributed by atoms with E-state index in [1.54, 1.807) is 18.2 Å². The van der Waals surface area contributed by atoms with Crippen molar-refractivity contribution >= 4 is 17.3 Å². The van der Waals surface area contributed by atoms with Crippen LogP contribution < -0.4 is 5.32 Å². The topological polar surface area (TPSA) is 35.8 Å². The molecule has 3 heteroatoms. The number of rotatable bonds is 3. The van der Waals surface area contributed by atoms with Gasteiger partial charge < -0.3 is 5.32 Å². The zero-order chi connectivity index (χ0) is 10.8. The standard InChI is InChI=1S/C12H13ClN2/c1-8(10-3-4-10)15-12-6-9(7-14)2-5-11(12)13/h2,5-6,8,10,15H,3-4H2,1H3. The monoisotopic (exact) mass is 220 g/mol. The summed E-state index contributed by atoms with van der Waals surface area (Å²) >= 11 is 6.05. The predicted molar refractivity (Wildman–Crippen MR) is 62.0 cm³/mol. The maximum atomic E-state index is 8.79. The molecule has 1 aliphatic rings. The average molecular weight is 221 g/mol. The first kappa shape index (κ1) is 10.3. The minimum atomic E-state index is 0.441. The third-order valence-electron chi connectivity index (χ3n) is 2.81. The molecule has 0 saturated heterocycles. The molecule has 1 atom stereocenters. The quantitative estimate of drug-likeness (QED) is 0.847. The highest BCUT2D eigenvalue weighted by Crippen LogP contribution is 2.35. The van der Waals surface area contributed by atoms with Crippen molar-refractivity contribution in [3.8, 4) is 6.07 Å². The van der Waals surface area contributed by atoms with Crippen LogP contribution in [0.15, 0.2) is 18.2 Å². The molecule has 0 aliphatic heterocycles. The second-order valence-electron chi connectivity index (χ2n) is 4.08. The van der Waals surface area contributed by atoms with Crippen LogP contribution in [0, 0.1) is 17.2 Å². The molecule has 2 nitrogen and oxygen atoms in total. The van der Waals surface area contributed by atoms with Crippen LogP contribution in [0.3, 0.4) is 0 Å². The fraction of sp³-hybridized carbons (Fsp3) is 0.417. The maximum Gasteiger partial charge on any atom is 0.0992 e. The Morgan fingerprint density at radius 2 is 2.27 bits per heavy atom. The lowest BCUT2D eigenvalue weighted by Gasteiger charge is -2.15. The van der Waals surface area contributed by atoms with Crippen LogP contribution in [0.5, 0.6) is 0 Å². The largest absolute Gasteiger partial charge is 0.381 e. The second kappa shape index (κ2) is 4.12. The highest BCUT2D eigenvalue weighted by Gasteiger charge is 2.28. The Morgan fingerprint density at radius 3 is 2.87 bits per heavy atom. The number of benzene rings is 1. The average Bonchev–Trinajstić information content (AvgIpc) is 3.04. The summed E-state index contributed by atoms with van der Waals surface area (Å²) in [6, 6.07) is 7.86. The minimum absolute atomic E-state index is 0.441. The first-order valence-corrected chi connectivity index (χ1v) is 5.54. The lowest BCUT2D eigenvalue weighted by molar-refractivity contribution is 0.694. The van der Waals surface area contributed by atoms with Crippen molar-refractivity contribution in [3.63, 3.8) is 0 Å². The Balaban J connectivity index is 2.15. The van der Waals surface area contributed by atoms with E-state index in [2.05, 4.69) is 18.3 Å². The SMILES string of the molecule is CC(Nc1cc(C#N)ccc1Cl)C1CC1. The van der Waals surface area contributed by atoms with Gasteiger partial charge in [0.1, 0.15) is 0 Å². The number of nitriles is 1. The van der Waals surface area contributed by atoms with Gasteiger partial charge in [-0.15, -0.1) is 0 Å². The van der Waals surface area contributed by atoms with Crippen LogP contribution in [-0.4, -0.2) is 6.04 Å². The summed E-state index contributed by atoms with van der Waals surface area (Å²) in [4.78, 5) is 0. The van der Waals surface area contributed by atoms with E-state index in [4.69, 9.17) is 16.9 Å². The smallest absolute Gasteiger partial charge is 0.0992 e. The fourth-order valence-corrected chi connectivity index (χ4v) is 1.84. The molecule has 1 aliphatic carbocycles. The molecule has 1 N–H and O–H groups in total. The number of hydrogen-bond donors (Lipinski definition) is 1. The lowest BCUT2D eigenvalue weighted by Crippen LogP contribution is -2.17. The van der Waals surface area contributed by atoms with Crippen LogP contribution in [0.2, 0.25) is 5.02 Å². The van der Waals surface area contributed by atoms with Crippen molar-refractivity contribution in [1.82, 2.24) is 0 Å². The second-order valence-corrected chi connectivity index (χ2v) is 4.48. The van der Waals surface area contributed by atoms with Crippen LogP contribution in [0.1, 0.15) is 25.3 Å². The third kappa shape index (κ3) is 2.43. The zero-order valence-corrected chi connectivity index (χ0v) is 9.38. The Morgan fingerprint density at radius 1 is 1.53 bits per heavy atom. The maximum absolute atomic E-state index is 8.79. The first-order chi connectivity index (χ1) is 7.20. The molecule has 1 unspecified atom stereocenters. The molecule has 1 aromatic rings. The molecule has 1 fully saturated rings. The summed E-state index contributed by atoms with van der Waals surface area (Å²) in [6.07, 6.45) is 2.59. The van der Waals surface area contributed by atoms with Gasteiger partial charge in [0.2, 0.25) is 0 Å². The molecular formula is C12H13ClN2. The highest BCUT2D eigenvalue weighted by atomic mass is 35.5. The summed E-state index contributed by atoms with van der Waals surface area (Å²) in [7, 11) is 0. The Kier molecular flexibility index (Phi) is 2.83. The molecule has 1 aromatic carbocycles. The number of halogens is 1. The molecule has 78 valence electrons. The van der Waals surface area contributed by atoms with Crippen molar-refractivity contribution in [3.05, 3.63) is 28.8 Å². The molecule has 0 amide bonds. The van der Waals surface area contributed by atoms with Crippen molar-refractivity contribution in [1.29, 1.82) is 5.26 Å². The molecule has 1 saturated carbocycles. The number of anilines is 1. The van der Waals surface area contributed by atoms with Gasteiger partial charge in [-0.1, -0.05) is 11.6 Å². The van der Waals surface area contributed by atoms with Gasteiger partial charge in [-0.05, 0) is 43.9 Å². The van der Waals surface area contributed by atoms with Gasteiger partial charge in [0.15, 0.2) is 0 Å². The van der Waals surface area contributed by atoms with Gasteiger partial charge >= 0.3 is 0 Å². The van der Waals surface area contributed by atoms with E-state index in [-0.39, 0.29) is 0 Å². The van der Waals surface area contributed by atoms with Crippen LogP contribution in [0.4, 0.5) is 5.69 Å². The van der Waals surface area contributed by atoms with Gasteiger partial charge in [0.25, 0.3) is 0 Å². The molecule has 0 heterocycles. The van der Waals surface area contributed by atoms with Crippen LogP contribution >= 0.6 is 11.6 Å². The van der Waals surface area contributed by atoms with Gasteiger partial charge in [-0.25, -0.2) is 0 Å². The first-order valence-electron chi connectivity index (χ1n) is 5.17. The van der Waals surface area contributed by atoms with Gasteiger partial charge in [0.05, 0.1) is 22.3 Å². The van der Waals surface area contributed by atoms with Crippen LogP contribution in [-0.2, 0) is 0 Å². The molecule has 0 aromatic heterocycles. The summed E-state index contributed by atoms with van der Waals surface area (Å²) in [5, 5.41) is 12.8. The van der Waals surface area contributed by atoms with E-state index in [1.165, 1.54) is 12.8 Å². The summed E-state index contributed by atoms with van der Waals surface area (Å²) < 4.78 is 0. The normalized spacial score (nSPS) is 16.9. The Hall–Kier alpha value is -1.20.